The molecule has 1 aromatic rings. The first-order chi connectivity index (χ1) is 6.59. The van der Waals surface area contributed by atoms with Gasteiger partial charge in [0.1, 0.15) is 5.69 Å². The normalized spacial score (nSPS) is 18.2. The lowest BCUT2D eigenvalue weighted by molar-refractivity contribution is 0.0958. The lowest BCUT2D eigenvalue weighted by Crippen LogP contribution is -2.28. The number of carbonyl (C=O) groups is 1. The average Bonchev–Trinajstić information content (AvgIpc) is 2.89. The van der Waals surface area contributed by atoms with E-state index in [-0.39, 0.29) is 5.78 Å². The monoisotopic (exact) mass is 193 g/mol. The highest BCUT2D eigenvalue weighted by atomic mass is 16.1. The van der Waals surface area contributed by atoms with Gasteiger partial charge in [0, 0.05) is 13.0 Å². The fourth-order valence-electron chi connectivity index (χ4n) is 1.53. The molecule has 0 radical (unpaired) electrons. The zero-order valence-electron chi connectivity index (χ0n) is 8.53. The molecule has 0 aliphatic heterocycles. The first-order valence-electron chi connectivity index (χ1n) is 4.93. The molecule has 0 aromatic carbocycles. The van der Waals surface area contributed by atoms with Crippen LogP contribution in [0.2, 0.25) is 0 Å². The molecule has 1 unspecified atom stereocenters. The Kier molecular flexibility index (Phi) is 2.15. The van der Waals surface area contributed by atoms with E-state index in [0.29, 0.717) is 11.6 Å². The molecule has 2 rings (SSSR count). The van der Waals surface area contributed by atoms with Crippen molar-refractivity contribution in [2.75, 3.05) is 0 Å². The smallest absolute Gasteiger partial charge is 0.197 e. The number of carbonyl (C=O) groups excluding carboxylic acids is 1. The first-order valence-corrected chi connectivity index (χ1v) is 4.93. The summed E-state index contributed by atoms with van der Waals surface area (Å²) in [5.41, 5.74) is 7.21. The minimum atomic E-state index is -0.447. The minimum Gasteiger partial charge on any atom is -0.321 e. The molecular weight excluding hydrogens is 178 g/mol. The second kappa shape index (κ2) is 3.20. The van der Waals surface area contributed by atoms with Gasteiger partial charge in [-0.2, -0.15) is 5.10 Å². The number of hydrogen-bond donors (Lipinski definition) is 1. The van der Waals surface area contributed by atoms with Gasteiger partial charge in [0.25, 0.3) is 0 Å². The SMILES string of the molecule is CC(N)C(=O)c1cc(C2CC2)nn1C. The zero-order valence-corrected chi connectivity index (χ0v) is 8.53. The molecule has 1 fully saturated rings. The van der Waals surface area contributed by atoms with Crippen LogP contribution in [-0.4, -0.2) is 21.6 Å². The molecule has 0 spiro atoms. The number of nitrogens with two attached hydrogens (primary N) is 1. The van der Waals surface area contributed by atoms with E-state index in [1.807, 2.05) is 6.07 Å². The van der Waals surface area contributed by atoms with Crippen LogP contribution >= 0.6 is 0 Å². The standard InChI is InChI=1S/C10H15N3O/c1-6(11)10(14)9-5-8(7-3-4-7)12-13(9)2/h5-7H,3-4,11H2,1-2H3. The van der Waals surface area contributed by atoms with E-state index in [1.165, 1.54) is 12.8 Å². The van der Waals surface area contributed by atoms with Crippen LogP contribution in [0.3, 0.4) is 0 Å². The molecule has 0 saturated heterocycles. The van der Waals surface area contributed by atoms with Crippen LogP contribution in [0, 0.1) is 0 Å². The Bertz CT molecular complexity index is 363. The van der Waals surface area contributed by atoms with Gasteiger partial charge in [-0.25, -0.2) is 0 Å². The summed E-state index contributed by atoms with van der Waals surface area (Å²) >= 11 is 0. The summed E-state index contributed by atoms with van der Waals surface area (Å²) in [6.07, 6.45) is 2.39. The summed E-state index contributed by atoms with van der Waals surface area (Å²) in [7, 11) is 1.79. The summed E-state index contributed by atoms with van der Waals surface area (Å²) in [5, 5.41) is 4.32. The van der Waals surface area contributed by atoms with E-state index in [1.54, 1.807) is 18.7 Å². The van der Waals surface area contributed by atoms with Gasteiger partial charge in [0.05, 0.1) is 11.7 Å². The van der Waals surface area contributed by atoms with Crippen LogP contribution in [0.1, 0.15) is 41.9 Å². The molecule has 76 valence electrons. The van der Waals surface area contributed by atoms with E-state index in [9.17, 15) is 4.79 Å². The topological polar surface area (TPSA) is 60.9 Å². The molecule has 0 amide bonds. The van der Waals surface area contributed by atoms with Crippen molar-refractivity contribution in [1.29, 1.82) is 0 Å². The van der Waals surface area contributed by atoms with Gasteiger partial charge in [-0.3, -0.25) is 9.48 Å². The van der Waals surface area contributed by atoms with Gasteiger partial charge >= 0.3 is 0 Å². The van der Waals surface area contributed by atoms with E-state index in [2.05, 4.69) is 5.10 Å². The number of Topliss-reactive ketones (excluding diaryl/α,β-unsaturated/α-hetero) is 1. The van der Waals surface area contributed by atoms with Crippen molar-refractivity contribution in [3.05, 3.63) is 17.5 Å². The van der Waals surface area contributed by atoms with Crippen LogP contribution < -0.4 is 5.73 Å². The molecular formula is C10H15N3O. The van der Waals surface area contributed by atoms with Crippen molar-refractivity contribution in [2.45, 2.75) is 31.7 Å². The number of nitrogens with zero attached hydrogens (tertiary/aromatic N) is 2. The van der Waals surface area contributed by atoms with E-state index in [4.69, 9.17) is 5.73 Å². The molecule has 1 saturated carbocycles. The fourth-order valence-corrected chi connectivity index (χ4v) is 1.53. The molecule has 1 aliphatic rings. The molecule has 4 nitrogen and oxygen atoms in total. The predicted octanol–water partition coefficient (Wildman–Crippen LogP) is 0.827. The van der Waals surface area contributed by atoms with Crippen LogP contribution in [0.5, 0.6) is 0 Å². The minimum absolute atomic E-state index is 0.0353. The van der Waals surface area contributed by atoms with Crippen molar-refractivity contribution in [2.24, 2.45) is 12.8 Å². The second-order valence-corrected chi connectivity index (χ2v) is 4.01. The van der Waals surface area contributed by atoms with Crippen molar-refractivity contribution in [3.63, 3.8) is 0 Å². The molecule has 1 atom stereocenters. The Labute approximate surface area is 83.1 Å². The van der Waals surface area contributed by atoms with E-state index < -0.39 is 6.04 Å². The summed E-state index contributed by atoms with van der Waals surface area (Å²) in [6.45, 7) is 1.70. The van der Waals surface area contributed by atoms with Crippen LogP contribution in [0.4, 0.5) is 0 Å². The summed E-state index contributed by atoms with van der Waals surface area (Å²) in [6, 6.07) is 1.43. The molecule has 2 N–H and O–H groups in total. The van der Waals surface area contributed by atoms with Crippen LogP contribution in [-0.2, 0) is 7.05 Å². The average molecular weight is 193 g/mol. The number of aromatic nitrogens is 2. The van der Waals surface area contributed by atoms with Crippen LogP contribution in [0.25, 0.3) is 0 Å². The lowest BCUT2D eigenvalue weighted by atomic mass is 10.1. The lowest BCUT2D eigenvalue weighted by Gasteiger charge is -2.02. The Morgan fingerprint density at radius 3 is 2.86 bits per heavy atom. The Balaban J connectivity index is 2.28. The van der Waals surface area contributed by atoms with Crippen molar-refractivity contribution >= 4 is 5.78 Å². The van der Waals surface area contributed by atoms with E-state index >= 15 is 0 Å². The number of ketones is 1. The highest BCUT2D eigenvalue weighted by Gasteiger charge is 2.28. The van der Waals surface area contributed by atoms with Crippen molar-refractivity contribution in [3.8, 4) is 0 Å². The maximum atomic E-state index is 11.6. The van der Waals surface area contributed by atoms with E-state index in [0.717, 1.165) is 5.69 Å². The summed E-state index contributed by atoms with van der Waals surface area (Å²) in [4.78, 5) is 11.6. The zero-order chi connectivity index (χ0) is 10.3. The highest BCUT2D eigenvalue weighted by Crippen LogP contribution is 2.39. The fraction of sp³-hybridized carbons (Fsp3) is 0.600. The van der Waals surface area contributed by atoms with Gasteiger partial charge in [-0.1, -0.05) is 0 Å². The molecule has 1 heterocycles. The first kappa shape index (κ1) is 9.40. The predicted molar refractivity (Wildman–Crippen MR) is 53.2 cm³/mol. The van der Waals surface area contributed by atoms with Gasteiger partial charge in [0.15, 0.2) is 5.78 Å². The third-order valence-corrected chi connectivity index (χ3v) is 2.56. The maximum Gasteiger partial charge on any atom is 0.197 e. The Hall–Kier alpha value is -1.16. The Morgan fingerprint density at radius 2 is 2.36 bits per heavy atom. The highest BCUT2D eigenvalue weighted by molar-refractivity contribution is 5.98. The number of hydrogen-bond acceptors (Lipinski definition) is 3. The quantitative estimate of drug-likeness (QED) is 0.723. The molecule has 1 aliphatic carbocycles. The second-order valence-electron chi connectivity index (χ2n) is 4.01. The summed E-state index contributed by atoms with van der Waals surface area (Å²) in [5.74, 6) is 0.544. The molecule has 14 heavy (non-hydrogen) atoms. The van der Waals surface area contributed by atoms with Crippen molar-refractivity contribution in [1.82, 2.24) is 9.78 Å². The largest absolute Gasteiger partial charge is 0.321 e. The third-order valence-electron chi connectivity index (χ3n) is 2.56. The molecule has 0 bridgehead atoms. The summed E-state index contributed by atoms with van der Waals surface area (Å²) < 4.78 is 1.64. The number of rotatable bonds is 3. The third kappa shape index (κ3) is 1.57. The van der Waals surface area contributed by atoms with Gasteiger partial charge in [-0.15, -0.1) is 0 Å². The van der Waals surface area contributed by atoms with Gasteiger partial charge < -0.3 is 5.73 Å². The Morgan fingerprint density at radius 1 is 1.71 bits per heavy atom. The van der Waals surface area contributed by atoms with Crippen molar-refractivity contribution < 1.29 is 4.79 Å². The van der Waals surface area contributed by atoms with Crippen LogP contribution in [0.15, 0.2) is 6.07 Å². The van der Waals surface area contributed by atoms with Gasteiger partial charge in [-0.05, 0) is 25.8 Å². The molecule has 1 aromatic heterocycles. The molecule has 4 heteroatoms. The maximum absolute atomic E-state index is 11.6. The number of aryl methyl sites for hydroxylation is 1. The van der Waals surface area contributed by atoms with Gasteiger partial charge in [0.2, 0.25) is 0 Å².